The number of rotatable bonds is 12. The zero-order valence-corrected chi connectivity index (χ0v) is 29.2. The molecule has 0 heterocycles. The van der Waals surface area contributed by atoms with Crippen molar-refractivity contribution < 1.29 is 14.3 Å². The van der Waals surface area contributed by atoms with Gasteiger partial charge in [-0.25, -0.2) is 0 Å². The topological polar surface area (TPSA) is 49.7 Å². The van der Waals surface area contributed by atoms with Crippen LogP contribution in [-0.4, -0.2) is 9.79 Å². The largest absolute Gasteiger partial charge is 0.427 e. The minimum Gasteiger partial charge on any atom is -0.427 e. The van der Waals surface area contributed by atoms with E-state index in [1.807, 2.05) is 0 Å². The van der Waals surface area contributed by atoms with Gasteiger partial charge in [-0.2, -0.15) is 0 Å². The van der Waals surface area contributed by atoms with Crippen molar-refractivity contribution in [2.45, 2.75) is 130 Å². The first-order valence-corrected chi connectivity index (χ1v) is 16.9. The zero-order chi connectivity index (χ0) is 31.7. The fraction of sp³-hybridized carbons (Fsp3) is 0.526. The highest BCUT2D eigenvalue weighted by atomic mass is 31.2. The van der Waals surface area contributed by atoms with Crippen LogP contribution in [0.1, 0.15) is 131 Å². The summed E-state index contributed by atoms with van der Waals surface area (Å²) in [6.07, 6.45) is 3.94. The molecular weight excluding hydrogens is 535 g/mol. The third-order valence-electron chi connectivity index (χ3n) is 10.3. The average molecular weight is 591 g/mol. The Bertz CT molecular complexity index is 1350. The van der Waals surface area contributed by atoms with Gasteiger partial charge in [0.05, 0.1) is 0 Å². The SMILES string of the molecule is CCC(C)(C)c1ccc(-c2cc(OP(O)O)c(C(C)(C)CC)c(-c3ccc(C(C)(C)CC)cc3)c2C(C)(C)CC)cc1. The maximum atomic E-state index is 10.2. The summed E-state index contributed by atoms with van der Waals surface area (Å²) in [7, 11) is -2.59. The lowest BCUT2D eigenvalue weighted by Gasteiger charge is -2.37. The smallest absolute Gasteiger partial charge is 0.391 e. The van der Waals surface area contributed by atoms with Gasteiger partial charge in [0.15, 0.2) is 0 Å². The Kier molecular flexibility index (Phi) is 10.5. The van der Waals surface area contributed by atoms with Crippen molar-refractivity contribution in [3.8, 4) is 28.0 Å². The summed E-state index contributed by atoms with van der Waals surface area (Å²) >= 11 is 0. The van der Waals surface area contributed by atoms with E-state index in [-0.39, 0.29) is 21.7 Å². The van der Waals surface area contributed by atoms with Crippen molar-refractivity contribution in [2.24, 2.45) is 0 Å². The van der Waals surface area contributed by atoms with E-state index in [0.29, 0.717) is 5.75 Å². The molecule has 0 fully saturated rings. The quantitative estimate of drug-likeness (QED) is 0.206. The van der Waals surface area contributed by atoms with Crippen LogP contribution in [0, 0.1) is 0 Å². The van der Waals surface area contributed by atoms with E-state index in [4.69, 9.17) is 4.52 Å². The molecule has 0 unspecified atom stereocenters. The third kappa shape index (κ3) is 6.96. The highest BCUT2D eigenvalue weighted by Gasteiger charge is 2.36. The minimum absolute atomic E-state index is 0.0866. The van der Waals surface area contributed by atoms with Gasteiger partial charge in [-0.15, -0.1) is 0 Å². The highest BCUT2D eigenvalue weighted by molar-refractivity contribution is 7.39. The van der Waals surface area contributed by atoms with Gasteiger partial charge < -0.3 is 14.3 Å². The fourth-order valence-electron chi connectivity index (χ4n) is 5.66. The summed E-state index contributed by atoms with van der Waals surface area (Å²) in [6, 6.07) is 20.1. The maximum absolute atomic E-state index is 10.2. The molecule has 0 aliphatic rings. The van der Waals surface area contributed by atoms with Crippen LogP contribution in [-0.2, 0) is 21.7 Å². The number of hydrogen-bond acceptors (Lipinski definition) is 3. The summed E-state index contributed by atoms with van der Waals surface area (Å²) in [4.78, 5) is 20.3. The van der Waals surface area contributed by atoms with Crippen molar-refractivity contribution in [3.63, 3.8) is 0 Å². The molecule has 0 aliphatic carbocycles. The highest BCUT2D eigenvalue weighted by Crippen LogP contribution is 2.53. The van der Waals surface area contributed by atoms with Gasteiger partial charge in [-0.3, -0.25) is 0 Å². The van der Waals surface area contributed by atoms with Crippen molar-refractivity contribution >= 4 is 8.60 Å². The first-order valence-electron chi connectivity index (χ1n) is 15.7. The van der Waals surface area contributed by atoms with E-state index in [9.17, 15) is 9.79 Å². The van der Waals surface area contributed by atoms with E-state index in [2.05, 4.69) is 138 Å². The van der Waals surface area contributed by atoms with Crippen molar-refractivity contribution in [1.29, 1.82) is 0 Å². The van der Waals surface area contributed by atoms with Crippen LogP contribution in [0.25, 0.3) is 22.3 Å². The normalized spacial score (nSPS) is 13.1. The Morgan fingerprint density at radius 2 is 0.929 bits per heavy atom. The minimum atomic E-state index is -2.59. The molecule has 4 heteroatoms. The van der Waals surface area contributed by atoms with E-state index in [1.165, 1.54) is 16.7 Å². The van der Waals surface area contributed by atoms with Gasteiger partial charge in [-0.05, 0) is 92.4 Å². The van der Waals surface area contributed by atoms with Crippen LogP contribution >= 0.6 is 8.60 Å². The lowest BCUT2D eigenvalue weighted by Crippen LogP contribution is -2.24. The molecule has 0 atom stereocenters. The summed E-state index contributed by atoms with van der Waals surface area (Å²) < 4.78 is 5.93. The van der Waals surface area contributed by atoms with Crippen molar-refractivity contribution in [1.82, 2.24) is 0 Å². The Morgan fingerprint density at radius 1 is 0.548 bits per heavy atom. The molecule has 0 saturated carbocycles. The van der Waals surface area contributed by atoms with Crippen molar-refractivity contribution in [3.05, 3.63) is 76.9 Å². The van der Waals surface area contributed by atoms with Crippen molar-refractivity contribution in [2.75, 3.05) is 0 Å². The maximum Gasteiger partial charge on any atom is 0.391 e. The molecule has 0 aliphatic heterocycles. The summed E-state index contributed by atoms with van der Waals surface area (Å²) in [5.74, 6) is 0.551. The van der Waals surface area contributed by atoms with Gasteiger partial charge >= 0.3 is 8.60 Å². The predicted octanol–water partition coefficient (Wildman–Crippen LogP) is 11.4. The lowest BCUT2D eigenvalue weighted by atomic mass is 9.68. The fourth-order valence-corrected chi connectivity index (χ4v) is 5.98. The van der Waals surface area contributed by atoms with E-state index in [0.717, 1.165) is 53.5 Å². The first-order chi connectivity index (χ1) is 19.5. The van der Waals surface area contributed by atoms with E-state index >= 15 is 0 Å². The van der Waals surface area contributed by atoms with Gasteiger partial charge in [-0.1, -0.05) is 132 Å². The summed E-state index contributed by atoms with van der Waals surface area (Å²) in [5.41, 5.74) is 9.16. The van der Waals surface area contributed by atoms with Gasteiger partial charge in [0.1, 0.15) is 5.75 Å². The second kappa shape index (κ2) is 12.8. The second-order valence-corrected chi connectivity index (χ2v) is 15.2. The van der Waals surface area contributed by atoms with Gasteiger partial charge in [0, 0.05) is 5.56 Å². The molecule has 42 heavy (non-hydrogen) atoms. The molecule has 3 aromatic rings. The lowest BCUT2D eigenvalue weighted by molar-refractivity contribution is 0.367. The molecule has 0 aromatic heterocycles. The summed E-state index contributed by atoms with van der Waals surface area (Å²) in [6.45, 7) is 27.2. The molecular formula is C38H55O3P. The molecule has 0 bridgehead atoms. The van der Waals surface area contributed by atoms with E-state index < -0.39 is 8.60 Å². The zero-order valence-electron chi connectivity index (χ0n) is 28.3. The van der Waals surface area contributed by atoms with Crippen LogP contribution in [0.3, 0.4) is 0 Å². The van der Waals surface area contributed by atoms with E-state index in [1.54, 1.807) is 0 Å². The molecule has 0 radical (unpaired) electrons. The molecule has 0 saturated heterocycles. The summed E-state index contributed by atoms with van der Waals surface area (Å²) in [5, 5.41) is 0. The Labute approximate surface area is 257 Å². The number of benzene rings is 3. The Balaban J connectivity index is 2.53. The monoisotopic (exact) mass is 590 g/mol. The second-order valence-electron chi connectivity index (χ2n) is 14.5. The Hall–Kier alpha value is -2.19. The third-order valence-corrected chi connectivity index (χ3v) is 10.7. The number of hydrogen-bond donors (Lipinski definition) is 2. The van der Waals surface area contributed by atoms with Crippen LogP contribution in [0.15, 0.2) is 54.6 Å². The molecule has 2 N–H and O–H groups in total. The molecule has 3 nitrogen and oxygen atoms in total. The molecule has 230 valence electrons. The van der Waals surface area contributed by atoms with Gasteiger partial charge in [0.2, 0.25) is 0 Å². The Morgan fingerprint density at radius 3 is 1.31 bits per heavy atom. The average Bonchev–Trinajstić information content (AvgIpc) is 2.96. The van der Waals surface area contributed by atoms with Crippen LogP contribution < -0.4 is 4.52 Å². The van der Waals surface area contributed by atoms with Gasteiger partial charge in [0.25, 0.3) is 0 Å². The van der Waals surface area contributed by atoms with Crippen LogP contribution in [0.5, 0.6) is 5.75 Å². The molecule has 0 spiro atoms. The molecule has 3 rings (SSSR count). The first kappa shape index (κ1) is 34.3. The van der Waals surface area contributed by atoms with Crippen LogP contribution in [0.4, 0.5) is 0 Å². The molecule has 0 amide bonds. The standard InChI is InChI=1S/C38H55O3P/c1-13-35(5,6)28-21-17-26(18-22-28)30-25-31(41-42(39)40)34(38(11,12)16-4)32(33(30)37(9,10)15-3)27-19-23-29(24-20-27)36(7,8)14-2/h17-25,39-40H,13-16H2,1-12H3. The predicted molar refractivity (Wildman–Crippen MR) is 183 cm³/mol. The van der Waals surface area contributed by atoms with Crippen LogP contribution in [0.2, 0.25) is 0 Å². The molecule has 3 aromatic carbocycles.